The molecule has 0 aromatic carbocycles. The van der Waals surface area contributed by atoms with Crippen LogP contribution in [0.4, 0.5) is 0 Å². The molecule has 0 aromatic heterocycles. The molecule has 0 aromatic rings. The Labute approximate surface area is 161 Å². The summed E-state index contributed by atoms with van der Waals surface area (Å²) >= 11 is 0. The normalized spacial score (nSPS) is 46.0. The summed E-state index contributed by atoms with van der Waals surface area (Å²) in [4.78, 5) is 0. The van der Waals surface area contributed by atoms with Crippen molar-refractivity contribution in [3.8, 4) is 6.07 Å². The first-order valence-corrected chi connectivity index (χ1v) is 10.5. The van der Waals surface area contributed by atoms with E-state index in [2.05, 4.69) is 61.5 Å². The van der Waals surface area contributed by atoms with E-state index in [4.69, 9.17) is 19.8 Å². The first kappa shape index (κ1) is 23.4. The van der Waals surface area contributed by atoms with Crippen molar-refractivity contribution in [2.24, 2.45) is 35.5 Å². The summed E-state index contributed by atoms with van der Waals surface area (Å²) in [5.41, 5.74) is 0. The van der Waals surface area contributed by atoms with E-state index in [-0.39, 0.29) is 24.9 Å². The van der Waals surface area contributed by atoms with Crippen LogP contribution in [0.25, 0.3) is 0 Å². The summed E-state index contributed by atoms with van der Waals surface area (Å²) in [6.45, 7) is 17.7. The number of nitriles is 1. The van der Waals surface area contributed by atoms with Gasteiger partial charge in [0.2, 0.25) is 0 Å². The lowest BCUT2D eigenvalue weighted by Crippen LogP contribution is -2.45. The maximum atomic E-state index is 9.15. The van der Waals surface area contributed by atoms with E-state index < -0.39 is 0 Å². The van der Waals surface area contributed by atoms with Crippen LogP contribution >= 0.6 is 0 Å². The third kappa shape index (κ3) is 5.21. The van der Waals surface area contributed by atoms with Crippen molar-refractivity contribution in [3.05, 3.63) is 0 Å². The fraction of sp³-hybridized carbons (Fsp3) is 0.955. The topological polar surface area (TPSA) is 62.5 Å². The zero-order valence-electron chi connectivity index (χ0n) is 18.1. The summed E-state index contributed by atoms with van der Waals surface area (Å²) in [7, 11) is 0. The maximum Gasteiger partial charge on any atom is 0.147 e. The first-order chi connectivity index (χ1) is 12.2. The predicted molar refractivity (Wildman–Crippen MR) is 106 cm³/mol. The third-order valence-corrected chi connectivity index (χ3v) is 7.34. The number of ether oxygens (including phenoxy) is 2. The maximum absolute atomic E-state index is 9.15. The molecule has 2 aliphatic rings. The van der Waals surface area contributed by atoms with Crippen LogP contribution < -0.4 is 0 Å². The number of aliphatic hydroxyl groups is 1. The highest BCUT2D eigenvalue weighted by atomic mass is 16.5. The molecule has 4 nitrogen and oxygen atoms in total. The number of rotatable bonds is 3. The Bertz CT molecular complexity index is 427. The van der Waals surface area contributed by atoms with Gasteiger partial charge >= 0.3 is 0 Å². The molecule has 152 valence electrons. The first-order valence-electron chi connectivity index (χ1n) is 10.5. The van der Waals surface area contributed by atoms with Crippen LogP contribution in [0.15, 0.2) is 0 Å². The van der Waals surface area contributed by atoms with Crippen molar-refractivity contribution in [2.75, 3.05) is 6.61 Å². The van der Waals surface area contributed by atoms with E-state index in [1.165, 1.54) is 0 Å². The predicted octanol–water partition coefficient (Wildman–Crippen LogP) is 4.66. The molecule has 2 rings (SSSR count). The van der Waals surface area contributed by atoms with Crippen LogP contribution in [0.2, 0.25) is 0 Å². The molecule has 0 amide bonds. The molecule has 0 radical (unpaired) electrons. The zero-order chi connectivity index (χ0) is 20.0. The number of hydrogen-bond donors (Lipinski definition) is 1. The van der Waals surface area contributed by atoms with Gasteiger partial charge in [-0.15, -0.1) is 0 Å². The molecule has 2 heterocycles. The molecule has 0 saturated carbocycles. The zero-order valence-corrected chi connectivity index (χ0v) is 18.1. The highest BCUT2D eigenvalue weighted by Gasteiger charge is 2.38. The van der Waals surface area contributed by atoms with Crippen molar-refractivity contribution in [3.63, 3.8) is 0 Å². The highest BCUT2D eigenvalue weighted by Crippen LogP contribution is 2.36. The minimum absolute atomic E-state index is 0.0520. The summed E-state index contributed by atoms with van der Waals surface area (Å²) in [6.07, 6.45) is 2.52. The molecule has 2 saturated heterocycles. The summed E-state index contributed by atoms with van der Waals surface area (Å²) < 4.78 is 11.5. The summed E-state index contributed by atoms with van der Waals surface area (Å²) in [5, 5.41) is 18.1. The van der Waals surface area contributed by atoms with Crippen LogP contribution in [0.5, 0.6) is 0 Å². The molecular formula is C22H41NO3. The van der Waals surface area contributed by atoms with Gasteiger partial charge in [0.15, 0.2) is 0 Å². The lowest BCUT2D eigenvalue weighted by Gasteiger charge is -2.43. The van der Waals surface area contributed by atoms with Gasteiger partial charge in [0.25, 0.3) is 0 Å². The van der Waals surface area contributed by atoms with Gasteiger partial charge in [-0.1, -0.05) is 55.4 Å². The molecule has 2 fully saturated rings. The SMILES string of the molecule is CCC1O[C@H](C#N)C(C)C(C)[C@H]1C.CCC1O[C@H](CO)C(C)C(C)[C@H]1C. The lowest BCUT2D eigenvalue weighted by molar-refractivity contribution is -0.148. The minimum atomic E-state index is -0.198. The Balaban J connectivity index is 0.000000260. The largest absolute Gasteiger partial charge is 0.394 e. The Morgan fingerprint density at radius 1 is 0.692 bits per heavy atom. The number of hydrogen-bond acceptors (Lipinski definition) is 4. The molecule has 6 unspecified atom stereocenters. The van der Waals surface area contributed by atoms with E-state index in [1.54, 1.807) is 0 Å². The second-order valence-corrected chi connectivity index (χ2v) is 8.59. The number of aliphatic hydroxyl groups excluding tert-OH is 1. The van der Waals surface area contributed by atoms with Gasteiger partial charge < -0.3 is 14.6 Å². The molecule has 10 atom stereocenters. The van der Waals surface area contributed by atoms with Crippen LogP contribution in [-0.2, 0) is 9.47 Å². The van der Waals surface area contributed by atoms with Gasteiger partial charge in [-0.25, -0.2) is 0 Å². The van der Waals surface area contributed by atoms with Crippen molar-refractivity contribution in [2.45, 2.75) is 92.6 Å². The summed E-state index contributed by atoms with van der Waals surface area (Å²) in [5.74, 6) is 3.26. The van der Waals surface area contributed by atoms with Crippen molar-refractivity contribution in [1.82, 2.24) is 0 Å². The lowest BCUT2D eigenvalue weighted by atomic mass is 9.76. The minimum Gasteiger partial charge on any atom is -0.394 e. The average molecular weight is 368 g/mol. The Morgan fingerprint density at radius 2 is 1.12 bits per heavy atom. The van der Waals surface area contributed by atoms with Crippen molar-refractivity contribution >= 4 is 0 Å². The van der Waals surface area contributed by atoms with E-state index in [9.17, 15) is 0 Å². The number of nitrogens with zero attached hydrogens (tertiary/aromatic N) is 1. The van der Waals surface area contributed by atoms with Gasteiger partial charge in [0.05, 0.1) is 31.0 Å². The quantitative estimate of drug-likeness (QED) is 0.788. The molecular weight excluding hydrogens is 326 g/mol. The van der Waals surface area contributed by atoms with Crippen molar-refractivity contribution < 1.29 is 14.6 Å². The second-order valence-electron chi connectivity index (χ2n) is 8.59. The average Bonchev–Trinajstić information content (AvgIpc) is 2.65. The molecule has 26 heavy (non-hydrogen) atoms. The third-order valence-electron chi connectivity index (χ3n) is 7.34. The fourth-order valence-corrected chi connectivity index (χ4v) is 4.45. The second kappa shape index (κ2) is 10.6. The van der Waals surface area contributed by atoms with Crippen LogP contribution in [0.1, 0.15) is 68.2 Å². The standard InChI is InChI=1S/C11H19NO.C11H22O2/c2*1-5-10-8(3)7(2)9(4)11(6-12)13-10/h7-11H,5H2,1-4H3;7-12H,5-6H2,1-4H3/t2*7?,8-,9?,10?,11-/m11/s1. The van der Waals surface area contributed by atoms with E-state index in [1.807, 2.05) is 0 Å². The Hall–Kier alpha value is -0.630. The van der Waals surface area contributed by atoms with Gasteiger partial charge in [0, 0.05) is 0 Å². The van der Waals surface area contributed by atoms with E-state index in [0.717, 1.165) is 12.8 Å². The summed E-state index contributed by atoms with van der Waals surface area (Å²) in [6, 6.07) is 2.25. The van der Waals surface area contributed by atoms with Crippen molar-refractivity contribution in [1.29, 1.82) is 5.26 Å². The smallest absolute Gasteiger partial charge is 0.147 e. The molecule has 0 bridgehead atoms. The van der Waals surface area contributed by atoms with Gasteiger partial charge in [-0.3, -0.25) is 0 Å². The van der Waals surface area contributed by atoms with Crippen LogP contribution in [0, 0.1) is 46.8 Å². The Morgan fingerprint density at radius 3 is 1.54 bits per heavy atom. The Kier molecular flexibility index (Phi) is 9.58. The van der Waals surface area contributed by atoms with Crippen LogP contribution in [-0.4, -0.2) is 36.1 Å². The van der Waals surface area contributed by atoms with Gasteiger partial charge in [0.1, 0.15) is 6.10 Å². The fourth-order valence-electron chi connectivity index (χ4n) is 4.45. The molecule has 0 aliphatic carbocycles. The van der Waals surface area contributed by atoms with Gasteiger partial charge in [-0.05, 0) is 48.3 Å². The highest BCUT2D eigenvalue weighted by molar-refractivity contribution is 4.96. The monoisotopic (exact) mass is 367 g/mol. The van der Waals surface area contributed by atoms with E-state index >= 15 is 0 Å². The molecule has 2 aliphatic heterocycles. The molecule has 1 N–H and O–H groups in total. The van der Waals surface area contributed by atoms with E-state index in [0.29, 0.717) is 41.6 Å². The van der Waals surface area contributed by atoms with Gasteiger partial charge in [-0.2, -0.15) is 5.26 Å². The molecule has 0 spiro atoms. The van der Waals surface area contributed by atoms with Crippen LogP contribution in [0.3, 0.4) is 0 Å². The molecule has 4 heteroatoms.